The van der Waals surface area contributed by atoms with Crippen LogP contribution in [0.15, 0.2) is 54.6 Å². The molecule has 0 amide bonds. The molecule has 0 saturated carbocycles. The van der Waals surface area contributed by atoms with Gasteiger partial charge in [-0.25, -0.2) is 0 Å². The number of carboxylic acid groups (broad SMARTS) is 1. The van der Waals surface area contributed by atoms with Crippen molar-refractivity contribution in [3.63, 3.8) is 0 Å². The molecule has 1 unspecified atom stereocenters. The number of carbonyl (C=O) groups is 1. The molecule has 5 nitrogen and oxygen atoms in total. The number of carboxylic acids is 1. The topological polar surface area (TPSA) is 80.4 Å². The molecule has 0 heterocycles. The van der Waals surface area contributed by atoms with Gasteiger partial charge in [0.05, 0.1) is 0 Å². The van der Waals surface area contributed by atoms with Crippen molar-refractivity contribution in [2.45, 2.75) is 4.94 Å². The van der Waals surface area contributed by atoms with Crippen LogP contribution in [0.4, 0.5) is 0 Å². The Kier molecular flexibility index (Phi) is 4.50. The van der Waals surface area contributed by atoms with E-state index in [1.54, 1.807) is 48.5 Å². The zero-order valence-corrected chi connectivity index (χ0v) is 12.0. The van der Waals surface area contributed by atoms with Crippen molar-refractivity contribution in [2.24, 2.45) is 0 Å². The molecule has 0 radical (unpaired) electrons. The number of nitro groups is 1. The van der Waals surface area contributed by atoms with Gasteiger partial charge in [0.25, 0.3) is 0 Å². The van der Waals surface area contributed by atoms with Crippen LogP contribution in [0, 0.1) is 10.1 Å². The summed E-state index contributed by atoms with van der Waals surface area (Å²) in [5, 5.41) is 20.4. The van der Waals surface area contributed by atoms with E-state index in [1.807, 2.05) is 0 Å². The molecule has 2 aromatic carbocycles. The summed E-state index contributed by atoms with van der Waals surface area (Å²) in [6.45, 7) is 0. The Morgan fingerprint density at radius 3 is 2.30 bits per heavy atom. The molecule has 1 N–H and O–H groups in total. The first-order valence-electron chi connectivity index (χ1n) is 5.77. The molecule has 6 heteroatoms. The summed E-state index contributed by atoms with van der Waals surface area (Å²) < 4.78 is 0.526. The van der Waals surface area contributed by atoms with E-state index in [4.69, 9.17) is 5.11 Å². The minimum atomic E-state index is -1.06. The Bertz CT molecular complexity index is 630. The molecule has 1 atom stereocenters. The minimum absolute atomic E-state index is 0.135. The van der Waals surface area contributed by atoms with Crippen molar-refractivity contribution in [2.75, 3.05) is 0 Å². The van der Waals surface area contributed by atoms with Gasteiger partial charge >= 0.3 is 121 Å². The monoisotopic (exact) mass is 337 g/mol. The Labute approximate surface area is 121 Å². The summed E-state index contributed by atoms with van der Waals surface area (Å²) in [6.07, 6.45) is 0. The van der Waals surface area contributed by atoms with Crippen molar-refractivity contribution in [3.8, 4) is 0 Å². The summed E-state index contributed by atoms with van der Waals surface area (Å²) in [5.74, 6) is -1.06. The fourth-order valence-corrected chi connectivity index (χ4v) is 3.94. The summed E-state index contributed by atoms with van der Waals surface area (Å²) >= 11 is -0.597. The zero-order valence-electron chi connectivity index (χ0n) is 10.3. The molecule has 0 aliphatic rings. The molecule has 0 aliphatic heterocycles. The molecule has 0 aromatic heterocycles. The number of aromatic carboxylic acids is 1. The SMILES string of the molecule is O=C(O)c1ccccc1[Se]C(c1ccccc1)[N+](=O)[O-]. The summed E-state index contributed by atoms with van der Waals surface area (Å²) in [5.41, 5.74) is 0.730. The van der Waals surface area contributed by atoms with E-state index in [2.05, 4.69) is 0 Å². The van der Waals surface area contributed by atoms with E-state index in [0.717, 1.165) is 0 Å². The zero-order chi connectivity index (χ0) is 14.5. The third-order valence-electron chi connectivity index (χ3n) is 2.63. The van der Waals surface area contributed by atoms with E-state index < -0.39 is 25.9 Å². The predicted molar refractivity (Wildman–Crippen MR) is 75.0 cm³/mol. The Balaban J connectivity index is 2.35. The van der Waals surface area contributed by atoms with Crippen LogP contribution < -0.4 is 4.46 Å². The van der Waals surface area contributed by atoms with Crippen LogP contribution in [0.25, 0.3) is 0 Å². The fraction of sp³-hybridized carbons (Fsp3) is 0.0714. The first-order valence-corrected chi connectivity index (χ1v) is 7.61. The Morgan fingerprint density at radius 1 is 1.10 bits per heavy atom. The Morgan fingerprint density at radius 2 is 1.70 bits per heavy atom. The third kappa shape index (κ3) is 3.23. The van der Waals surface area contributed by atoms with Gasteiger partial charge in [-0.1, -0.05) is 0 Å². The molecule has 0 spiro atoms. The van der Waals surface area contributed by atoms with Crippen LogP contribution in [-0.2, 0) is 0 Å². The fourth-order valence-electron chi connectivity index (χ4n) is 1.72. The normalized spacial score (nSPS) is 11.8. The Hall–Kier alpha value is -2.17. The van der Waals surface area contributed by atoms with Gasteiger partial charge in [-0.15, -0.1) is 0 Å². The molecule has 20 heavy (non-hydrogen) atoms. The number of benzene rings is 2. The summed E-state index contributed by atoms with van der Waals surface area (Å²) in [4.78, 5) is 21.2. The van der Waals surface area contributed by atoms with Gasteiger partial charge in [0.2, 0.25) is 0 Å². The molecule has 0 bridgehead atoms. The van der Waals surface area contributed by atoms with Gasteiger partial charge in [0.1, 0.15) is 0 Å². The molecule has 2 aromatic rings. The quantitative estimate of drug-likeness (QED) is 0.512. The number of rotatable bonds is 5. The third-order valence-corrected chi connectivity index (χ3v) is 5.31. The molecule has 102 valence electrons. The average Bonchev–Trinajstić information content (AvgIpc) is 2.45. The van der Waals surface area contributed by atoms with Crippen molar-refractivity contribution < 1.29 is 14.8 Å². The first-order chi connectivity index (χ1) is 9.59. The van der Waals surface area contributed by atoms with Crippen LogP contribution in [0.1, 0.15) is 20.9 Å². The molecule has 0 saturated heterocycles. The van der Waals surface area contributed by atoms with Crippen LogP contribution in [0.2, 0.25) is 0 Å². The molecule has 0 fully saturated rings. The second kappa shape index (κ2) is 6.32. The standard InChI is InChI=1S/C14H11NO4Se/c16-14(17)11-8-4-5-9-12(11)20-13(15(18)19)10-6-2-1-3-7-10/h1-9,13H,(H,16,17). The van der Waals surface area contributed by atoms with E-state index in [1.165, 1.54) is 6.07 Å². The predicted octanol–water partition coefficient (Wildman–Crippen LogP) is 1.69. The van der Waals surface area contributed by atoms with Gasteiger partial charge in [-0.2, -0.15) is 0 Å². The molecule has 2 rings (SSSR count). The van der Waals surface area contributed by atoms with Crippen LogP contribution in [-0.4, -0.2) is 31.0 Å². The van der Waals surface area contributed by atoms with Gasteiger partial charge in [0.15, 0.2) is 0 Å². The number of nitrogens with zero attached hydrogens (tertiary/aromatic N) is 1. The second-order valence-corrected chi connectivity index (χ2v) is 6.32. The van der Waals surface area contributed by atoms with Crippen molar-refractivity contribution >= 4 is 25.4 Å². The average molecular weight is 336 g/mol. The van der Waals surface area contributed by atoms with E-state index in [0.29, 0.717) is 10.0 Å². The summed E-state index contributed by atoms with van der Waals surface area (Å²) in [7, 11) is 0. The summed E-state index contributed by atoms with van der Waals surface area (Å²) in [6, 6.07) is 15.1. The second-order valence-electron chi connectivity index (χ2n) is 3.97. The maximum atomic E-state index is 11.3. The molecular formula is C14H11NO4Se. The van der Waals surface area contributed by atoms with Gasteiger partial charge in [-0.05, 0) is 0 Å². The van der Waals surface area contributed by atoms with Gasteiger partial charge in [0, 0.05) is 0 Å². The molecular weight excluding hydrogens is 325 g/mol. The maximum absolute atomic E-state index is 11.3. The van der Waals surface area contributed by atoms with Gasteiger partial charge in [-0.3, -0.25) is 0 Å². The van der Waals surface area contributed by atoms with Crippen molar-refractivity contribution in [3.05, 3.63) is 75.8 Å². The molecule has 0 aliphatic carbocycles. The van der Waals surface area contributed by atoms with E-state index in [-0.39, 0.29) is 10.5 Å². The number of hydrogen-bond acceptors (Lipinski definition) is 3. The van der Waals surface area contributed by atoms with Crippen molar-refractivity contribution in [1.82, 2.24) is 0 Å². The van der Waals surface area contributed by atoms with E-state index in [9.17, 15) is 14.9 Å². The van der Waals surface area contributed by atoms with Gasteiger partial charge < -0.3 is 0 Å². The number of hydrogen-bond donors (Lipinski definition) is 1. The van der Waals surface area contributed by atoms with Crippen LogP contribution >= 0.6 is 0 Å². The van der Waals surface area contributed by atoms with Crippen LogP contribution in [0.5, 0.6) is 0 Å². The van der Waals surface area contributed by atoms with Crippen LogP contribution in [0.3, 0.4) is 0 Å². The van der Waals surface area contributed by atoms with E-state index >= 15 is 0 Å². The van der Waals surface area contributed by atoms with Crippen molar-refractivity contribution in [1.29, 1.82) is 0 Å². The first kappa shape index (κ1) is 14.2.